The third-order valence-electron chi connectivity index (χ3n) is 2.15. The van der Waals surface area contributed by atoms with Crippen molar-refractivity contribution in [3.63, 3.8) is 0 Å². The highest BCUT2D eigenvalue weighted by atomic mass is 16.7. The minimum atomic E-state index is -0.329. The molecular weight excluding hydrogens is 156 g/mol. The number of carbonyl (C=O) groups is 1. The molecule has 0 amide bonds. The Morgan fingerprint density at radius 1 is 1.67 bits per heavy atom. The van der Waals surface area contributed by atoms with E-state index in [9.17, 15) is 4.79 Å². The van der Waals surface area contributed by atoms with Gasteiger partial charge in [0.2, 0.25) is 0 Å². The zero-order valence-corrected chi connectivity index (χ0v) is 8.09. The molecule has 0 saturated carbocycles. The average molecular weight is 172 g/mol. The van der Waals surface area contributed by atoms with Crippen LogP contribution in [0.15, 0.2) is 0 Å². The summed E-state index contributed by atoms with van der Waals surface area (Å²) in [4.78, 5) is 11.2. The highest BCUT2D eigenvalue weighted by Crippen LogP contribution is 2.39. The van der Waals surface area contributed by atoms with Gasteiger partial charge in [-0.1, -0.05) is 6.92 Å². The average Bonchev–Trinajstić information content (AvgIpc) is 2.62. The molecule has 0 aromatic heterocycles. The van der Waals surface area contributed by atoms with E-state index in [4.69, 9.17) is 9.47 Å². The van der Waals surface area contributed by atoms with E-state index in [2.05, 4.69) is 0 Å². The fraction of sp³-hybridized carbons (Fsp3) is 0.889. The molecule has 0 N–H and O–H groups in total. The molecule has 1 aliphatic heterocycles. The van der Waals surface area contributed by atoms with Gasteiger partial charge in [0.15, 0.2) is 6.10 Å². The fourth-order valence-corrected chi connectivity index (χ4v) is 1.10. The molecule has 2 unspecified atom stereocenters. The quantitative estimate of drug-likeness (QED) is 0.478. The molecule has 1 heterocycles. The lowest BCUT2D eigenvalue weighted by Crippen LogP contribution is -2.22. The van der Waals surface area contributed by atoms with E-state index in [1.807, 2.05) is 27.7 Å². The van der Waals surface area contributed by atoms with Crippen LogP contribution in [-0.4, -0.2) is 23.8 Å². The number of hydrogen-bond acceptors (Lipinski definition) is 3. The van der Waals surface area contributed by atoms with Crippen LogP contribution in [0.25, 0.3) is 0 Å². The van der Waals surface area contributed by atoms with E-state index in [1.54, 1.807) is 0 Å². The first-order chi connectivity index (χ1) is 5.49. The minimum Gasteiger partial charge on any atom is -0.461 e. The first-order valence-electron chi connectivity index (χ1n) is 4.38. The van der Waals surface area contributed by atoms with Gasteiger partial charge in [-0.25, -0.2) is 4.79 Å². The van der Waals surface area contributed by atoms with E-state index >= 15 is 0 Å². The maximum absolute atomic E-state index is 11.2. The molecule has 1 fully saturated rings. The van der Waals surface area contributed by atoms with Crippen LogP contribution in [-0.2, 0) is 14.3 Å². The zero-order chi connectivity index (χ0) is 9.35. The summed E-state index contributed by atoms with van der Waals surface area (Å²) >= 11 is 0. The summed E-state index contributed by atoms with van der Waals surface area (Å²) in [5.41, 5.74) is -0.258. The van der Waals surface area contributed by atoms with E-state index < -0.39 is 0 Å². The van der Waals surface area contributed by atoms with Crippen LogP contribution in [0, 0.1) is 0 Å². The van der Waals surface area contributed by atoms with Gasteiger partial charge in [-0.3, -0.25) is 0 Å². The van der Waals surface area contributed by atoms with Crippen molar-refractivity contribution >= 4 is 5.97 Å². The maximum atomic E-state index is 11.2. The van der Waals surface area contributed by atoms with Gasteiger partial charge in [-0.2, -0.15) is 0 Å². The molecule has 1 rings (SSSR count). The zero-order valence-electron chi connectivity index (χ0n) is 8.09. The van der Waals surface area contributed by atoms with Crippen LogP contribution in [0.2, 0.25) is 0 Å². The highest BCUT2D eigenvalue weighted by Gasteiger charge is 2.56. The predicted octanol–water partition coefficient (Wildman–Crippen LogP) is 1.51. The predicted molar refractivity (Wildman–Crippen MR) is 44.8 cm³/mol. The molecule has 0 radical (unpaired) electrons. The lowest BCUT2D eigenvalue weighted by Gasteiger charge is -2.06. The second kappa shape index (κ2) is 3.05. The lowest BCUT2D eigenvalue weighted by atomic mass is 10.1. The van der Waals surface area contributed by atoms with Gasteiger partial charge in [0, 0.05) is 0 Å². The molecule has 70 valence electrons. The number of carbonyl (C=O) groups excluding carboxylic acids is 1. The Labute approximate surface area is 73.0 Å². The second-order valence-corrected chi connectivity index (χ2v) is 3.65. The van der Waals surface area contributed by atoms with Crippen molar-refractivity contribution in [3.8, 4) is 0 Å². The maximum Gasteiger partial charge on any atom is 0.338 e. The Morgan fingerprint density at radius 3 is 2.58 bits per heavy atom. The smallest absolute Gasteiger partial charge is 0.338 e. The Hall–Kier alpha value is -0.570. The molecule has 2 atom stereocenters. The van der Waals surface area contributed by atoms with Crippen molar-refractivity contribution in [1.29, 1.82) is 0 Å². The third-order valence-corrected chi connectivity index (χ3v) is 2.15. The van der Waals surface area contributed by atoms with Crippen LogP contribution in [0.1, 0.15) is 34.1 Å². The number of hydrogen-bond donors (Lipinski definition) is 0. The van der Waals surface area contributed by atoms with Gasteiger partial charge in [0.1, 0.15) is 5.60 Å². The van der Waals surface area contributed by atoms with Gasteiger partial charge in [-0.15, -0.1) is 0 Å². The first-order valence-corrected chi connectivity index (χ1v) is 4.38. The molecule has 0 spiro atoms. The molecule has 3 nitrogen and oxygen atoms in total. The topological polar surface area (TPSA) is 38.8 Å². The van der Waals surface area contributed by atoms with Gasteiger partial charge in [0.25, 0.3) is 0 Å². The first kappa shape index (κ1) is 9.52. The van der Waals surface area contributed by atoms with Crippen molar-refractivity contribution in [3.05, 3.63) is 0 Å². The van der Waals surface area contributed by atoms with Crippen LogP contribution in [0.3, 0.4) is 0 Å². The lowest BCUT2D eigenvalue weighted by molar-refractivity contribution is -0.148. The SMILES string of the molecule is CCC1(C)OC1C(=O)OC(C)C. The van der Waals surface area contributed by atoms with E-state index in [0.29, 0.717) is 0 Å². The largest absolute Gasteiger partial charge is 0.461 e. The molecule has 1 aliphatic rings. The van der Waals surface area contributed by atoms with Crippen LogP contribution >= 0.6 is 0 Å². The third kappa shape index (κ3) is 1.78. The fourth-order valence-electron chi connectivity index (χ4n) is 1.10. The van der Waals surface area contributed by atoms with E-state index in [0.717, 1.165) is 6.42 Å². The Bertz CT molecular complexity index is 188. The molecule has 0 aromatic rings. The summed E-state index contributed by atoms with van der Waals surface area (Å²) in [6.07, 6.45) is 0.470. The summed E-state index contributed by atoms with van der Waals surface area (Å²) in [5.74, 6) is -0.227. The van der Waals surface area contributed by atoms with Crippen molar-refractivity contribution in [2.75, 3.05) is 0 Å². The minimum absolute atomic E-state index is 0.0530. The van der Waals surface area contributed by atoms with Crippen molar-refractivity contribution in [2.24, 2.45) is 0 Å². The van der Waals surface area contributed by atoms with Crippen molar-refractivity contribution in [1.82, 2.24) is 0 Å². The molecule has 1 saturated heterocycles. The van der Waals surface area contributed by atoms with E-state index in [-0.39, 0.29) is 23.8 Å². The standard InChI is InChI=1S/C9H16O3/c1-5-9(4)7(12-9)8(10)11-6(2)3/h6-7H,5H2,1-4H3. The number of epoxide rings is 1. The van der Waals surface area contributed by atoms with E-state index in [1.165, 1.54) is 0 Å². The number of ether oxygens (including phenoxy) is 2. The van der Waals surface area contributed by atoms with Crippen LogP contribution in [0.5, 0.6) is 0 Å². The summed E-state index contributed by atoms with van der Waals surface area (Å²) in [5, 5.41) is 0. The van der Waals surface area contributed by atoms with Crippen LogP contribution < -0.4 is 0 Å². The molecule has 3 heteroatoms. The van der Waals surface area contributed by atoms with Crippen LogP contribution in [0.4, 0.5) is 0 Å². The van der Waals surface area contributed by atoms with Crippen molar-refractivity contribution in [2.45, 2.75) is 51.9 Å². The summed E-state index contributed by atoms with van der Waals surface area (Å²) in [6, 6.07) is 0. The summed E-state index contributed by atoms with van der Waals surface area (Å²) in [7, 11) is 0. The Kier molecular flexibility index (Phi) is 2.42. The molecule has 0 bridgehead atoms. The molecular formula is C9H16O3. The molecule has 0 aromatic carbocycles. The second-order valence-electron chi connectivity index (χ2n) is 3.65. The number of rotatable bonds is 3. The number of esters is 1. The molecule has 0 aliphatic carbocycles. The normalized spacial score (nSPS) is 33.6. The van der Waals surface area contributed by atoms with Gasteiger partial charge in [0.05, 0.1) is 6.10 Å². The monoisotopic (exact) mass is 172 g/mol. The highest BCUT2D eigenvalue weighted by molar-refractivity contribution is 5.79. The Morgan fingerprint density at radius 2 is 2.25 bits per heavy atom. The van der Waals surface area contributed by atoms with Gasteiger partial charge < -0.3 is 9.47 Å². The summed E-state index contributed by atoms with van der Waals surface area (Å²) in [6.45, 7) is 7.61. The molecule has 12 heavy (non-hydrogen) atoms. The van der Waals surface area contributed by atoms with Gasteiger partial charge in [-0.05, 0) is 27.2 Å². The van der Waals surface area contributed by atoms with Crippen molar-refractivity contribution < 1.29 is 14.3 Å². The Balaban J connectivity index is 2.38. The summed E-state index contributed by atoms with van der Waals surface area (Å²) < 4.78 is 10.2. The van der Waals surface area contributed by atoms with Gasteiger partial charge >= 0.3 is 5.97 Å².